The fourth-order valence-corrected chi connectivity index (χ4v) is 3.07. The monoisotopic (exact) mass is 396 g/mol. The van der Waals surface area contributed by atoms with Crippen LogP contribution in [-0.4, -0.2) is 20.1 Å². The number of carbonyl (C=O) groups excluding carboxylic acids is 1. The van der Waals surface area contributed by atoms with Crippen LogP contribution in [-0.2, 0) is 10.0 Å². The van der Waals surface area contributed by atoms with E-state index in [2.05, 4.69) is 10.0 Å². The van der Waals surface area contributed by atoms with Crippen LogP contribution in [0.4, 0.5) is 11.4 Å². The maximum Gasteiger partial charge on any atom is 0.255 e. The van der Waals surface area contributed by atoms with Crippen LogP contribution in [0.2, 0.25) is 0 Å². The molecule has 3 aromatic carbocycles. The lowest BCUT2D eigenvalue weighted by Crippen LogP contribution is -2.16. The van der Waals surface area contributed by atoms with Crippen LogP contribution < -0.4 is 14.8 Å². The van der Waals surface area contributed by atoms with Crippen molar-refractivity contribution in [3.63, 3.8) is 0 Å². The van der Waals surface area contributed by atoms with Gasteiger partial charge in [0.2, 0.25) is 10.0 Å². The molecule has 0 aromatic heterocycles. The molecule has 0 aliphatic rings. The molecule has 6 nitrogen and oxygen atoms in total. The number of amides is 1. The molecule has 0 atom stereocenters. The summed E-state index contributed by atoms with van der Waals surface area (Å²) < 4.78 is 31.7. The lowest BCUT2D eigenvalue weighted by molar-refractivity contribution is 0.102. The molecule has 28 heavy (non-hydrogen) atoms. The molecule has 0 radical (unpaired) electrons. The largest absolute Gasteiger partial charge is 0.455 e. The Hall–Kier alpha value is -3.32. The van der Waals surface area contributed by atoms with Gasteiger partial charge in [0.15, 0.2) is 5.75 Å². The highest BCUT2D eigenvalue weighted by Crippen LogP contribution is 2.29. The van der Waals surface area contributed by atoms with Crippen molar-refractivity contribution >= 4 is 27.3 Å². The molecule has 0 unspecified atom stereocenters. The van der Waals surface area contributed by atoms with Gasteiger partial charge >= 0.3 is 0 Å². The van der Waals surface area contributed by atoms with Gasteiger partial charge in [0, 0.05) is 11.3 Å². The van der Waals surface area contributed by atoms with Gasteiger partial charge in [-0.25, -0.2) is 8.42 Å². The van der Waals surface area contributed by atoms with E-state index in [0.717, 1.165) is 0 Å². The Morgan fingerprint density at radius 2 is 1.64 bits per heavy atom. The van der Waals surface area contributed by atoms with Crippen molar-refractivity contribution in [3.8, 4) is 11.5 Å². The molecule has 2 N–H and O–H groups in total. The zero-order valence-electron chi connectivity index (χ0n) is 15.3. The van der Waals surface area contributed by atoms with E-state index in [4.69, 9.17) is 4.74 Å². The van der Waals surface area contributed by atoms with Crippen LogP contribution in [0, 0.1) is 0 Å². The molecular formula is C21H20N2O4S. The van der Waals surface area contributed by atoms with E-state index < -0.39 is 10.0 Å². The standard InChI is InChI=1S/C21H20N2O4S/c1-2-28(25,26)23-17-10-8-9-16(15-17)21(24)22-19-13-6-7-14-20(19)27-18-11-4-3-5-12-18/h3-15,23H,2H2,1H3,(H,22,24). The number of sulfonamides is 1. The van der Waals surface area contributed by atoms with Gasteiger partial charge in [-0.1, -0.05) is 36.4 Å². The van der Waals surface area contributed by atoms with E-state index in [0.29, 0.717) is 28.4 Å². The van der Waals surface area contributed by atoms with Crippen molar-refractivity contribution in [1.82, 2.24) is 0 Å². The minimum absolute atomic E-state index is 0.0480. The number of carbonyl (C=O) groups is 1. The molecule has 7 heteroatoms. The van der Waals surface area contributed by atoms with E-state index in [1.807, 2.05) is 36.4 Å². The van der Waals surface area contributed by atoms with Gasteiger partial charge in [-0.2, -0.15) is 0 Å². The number of benzene rings is 3. The number of hydrogen-bond acceptors (Lipinski definition) is 4. The highest BCUT2D eigenvalue weighted by atomic mass is 32.2. The Kier molecular flexibility index (Phi) is 5.96. The van der Waals surface area contributed by atoms with Gasteiger partial charge < -0.3 is 10.1 Å². The van der Waals surface area contributed by atoms with Crippen LogP contribution >= 0.6 is 0 Å². The minimum atomic E-state index is -3.42. The fourth-order valence-electron chi connectivity index (χ4n) is 2.44. The minimum Gasteiger partial charge on any atom is -0.455 e. The average Bonchev–Trinajstić information content (AvgIpc) is 2.70. The Bertz CT molecular complexity index is 1070. The molecule has 0 spiro atoms. The maximum absolute atomic E-state index is 12.7. The lowest BCUT2D eigenvalue weighted by Gasteiger charge is -2.13. The first-order valence-corrected chi connectivity index (χ1v) is 10.4. The van der Waals surface area contributed by atoms with Gasteiger partial charge in [0.25, 0.3) is 5.91 Å². The Labute approximate surface area is 164 Å². The molecule has 3 aromatic rings. The number of rotatable bonds is 7. The number of hydrogen-bond donors (Lipinski definition) is 2. The van der Waals surface area contributed by atoms with Crippen LogP contribution in [0.15, 0.2) is 78.9 Å². The Balaban J connectivity index is 1.79. The summed E-state index contributed by atoms with van der Waals surface area (Å²) in [6, 6.07) is 22.7. The molecule has 0 bridgehead atoms. The molecule has 3 rings (SSSR count). The second kappa shape index (κ2) is 8.58. The SMILES string of the molecule is CCS(=O)(=O)Nc1cccc(C(=O)Nc2ccccc2Oc2ccccc2)c1. The molecule has 0 heterocycles. The van der Waals surface area contributed by atoms with Crippen LogP contribution in [0.1, 0.15) is 17.3 Å². The second-order valence-electron chi connectivity index (χ2n) is 5.95. The zero-order valence-corrected chi connectivity index (χ0v) is 16.1. The van der Waals surface area contributed by atoms with Crippen LogP contribution in [0.3, 0.4) is 0 Å². The van der Waals surface area contributed by atoms with Crippen molar-refractivity contribution in [2.75, 3.05) is 15.8 Å². The summed E-state index contributed by atoms with van der Waals surface area (Å²) in [6.45, 7) is 1.54. The van der Waals surface area contributed by atoms with Gasteiger partial charge in [-0.15, -0.1) is 0 Å². The summed E-state index contributed by atoms with van der Waals surface area (Å²) in [5.41, 5.74) is 1.17. The Morgan fingerprint density at radius 1 is 0.929 bits per heavy atom. The third-order valence-electron chi connectivity index (χ3n) is 3.88. The predicted molar refractivity (Wildman–Crippen MR) is 110 cm³/mol. The molecule has 0 saturated heterocycles. The lowest BCUT2D eigenvalue weighted by atomic mass is 10.2. The first-order valence-electron chi connectivity index (χ1n) is 8.71. The van der Waals surface area contributed by atoms with Gasteiger partial charge in [-0.05, 0) is 49.4 Å². The van der Waals surface area contributed by atoms with Crippen molar-refractivity contribution in [2.45, 2.75) is 6.92 Å². The molecule has 144 valence electrons. The molecule has 0 aliphatic carbocycles. The Morgan fingerprint density at radius 3 is 2.39 bits per heavy atom. The number of ether oxygens (including phenoxy) is 1. The second-order valence-corrected chi connectivity index (χ2v) is 7.96. The van der Waals surface area contributed by atoms with E-state index in [1.54, 1.807) is 43.3 Å². The quantitative estimate of drug-likeness (QED) is 0.616. The summed E-state index contributed by atoms with van der Waals surface area (Å²) >= 11 is 0. The van der Waals surface area contributed by atoms with E-state index in [1.165, 1.54) is 6.07 Å². The van der Waals surface area contributed by atoms with E-state index >= 15 is 0 Å². The molecule has 0 aliphatic heterocycles. The highest BCUT2D eigenvalue weighted by molar-refractivity contribution is 7.92. The summed E-state index contributed by atoms with van der Waals surface area (Å²) in [4.78, 5) is 12.7. The van der Waals surface area contributed by atoms with Crippen molar-refractivity contribution in [3.05, 3.63) is 84.4 Å². The molecular weight excluding hydrogens is 376 g/mol. The summed E-state index contributed by atoms with van der Waals surface area (Å²) in [7, 11) is -3.42. The summed E-state index contributed by atoms with van der Waals surface area (Å²) in [5.74, 6) is 0.736. The smallest absolute Gasteiger partial charge is 0.255 e. The van der Waals surface area contributed by atoms with E-state index in [9.17, 15) is 13.2 Å². The number of anilines is 2. The average molecular weight is 396 g/mol. The molecule has 0 saturated carbocycles. The summed E-state index contributed by atoms with van der Waals surface area (Å²) in [6.07, 6.45) is 0. The molecule has 1 amide bonds. The van der Waals surface area contributed by atoms with Gasteiger partial charge in [-0.3, -0.25) is 9.52 Å². The zero-order chi connectivity index (χ0) is 20.0. The molecule has 0 fully saturated rings. The normalized spacial score (nSPS) is 10.9. The third kappa shape index (κ3) is 5.11. The highest BCUT2D eigenvalue weighted by Gasteiger charge is 2.13. The fraction of sp³-hybridized carbons (Fsp3) is 0.0952. The van der Waals surface area contributed by atoms with Crippen molar-refractivity contribution in [1.29, 1.82) is 0 Å². The first-order chi connectivity index (χ1) is 13.5. The van der Waals surface area contributed by atoms with Gasteiger partial charge in [0.05, 0.1) is 11.4 Å². The van der Waals surface area contributed by atoms with E-state index in [-0.39, 0.29) is 11.7 Å². The van der Waals surface area contributed by atoms with Crippen LogP contribution in [0.5, 0.6) is 11.5 Å². The van der Waals surface area contributed by atoms with Crippen molar-refractivity contribution in [2.24, 2.45) is 0 Å². The number of para-hydroxylation sites is 3. The van der Waals surface area contributed by atoms with Crippen molar-refractivity contribution < 1.29 is 17.9 Å². The topological polar surface area (TPSA) is 84.5 Å². The third-order valence-corrected chi connectivity index (χ3v) is 5.19. The predicted octanol–water partition coefficient (Wildman–Crippen LogP) is 4.49. The number of nitrogens with one attached hydrogen (secondary N) is 2. The summed E-state index contributed by atoms with van der Waals surface area (Å²) in [5, 5.41) is 2.81. The first kappa shape index (κ1) is 19.4. The van der Waals surface area contributed by atoms with Gasteiger partial charge in [0.1, 0.15) is 5.75 Å². The maximum atomic E-state index is 12.7. The van der Waals surface area contributed by atoms with Crippen LogP contribution in [0.25, 0.3) is 0 Å².